The minimum absolute atomic E-state index is 0.152. The van der Waals surface area contributed by atoms with E-state index in [0.29, 0.717) is 24.0 Å². The van der Waals surface area contributed by atoms with E-state index in [1.807, 2.05) is 56.6 Å². The van der Waals surface area contributed by atoms with Crippen molar-refractivity contribution in [3.8, 4) is 5.82 Å². The Bertz CT molecular complexity index is 1270. The molecule has 0 saturated carbocycles. The van der Waals surface area contributed by atoms with E-state index in [9.17, 15) is 4.79 Å². The fourth-order valence-electron chi connectivity index (χ4n) is 3.66. The van der Waals surface area contributed by atoms with Crippen LogP contribution in [0.5, 0.6) is 0 Å². The molecule has 0 aliphatic carbocycles. The summed E-state index contributed by atoms with van der Waals surface area (Å²) in [5.41, 5.74) is 3.68. The van der Waals surface area contributed by atoms with Crippen LogP contribution in [0.1, 0.15) is 53.0 Å². The molecule has 32 heavy (non-hydrogen) atoms. The molecule has 0 bridgehead atoms. The van der Waals surface area contributed by atoms with Gasteiger partial charge in [0.2, 0.25) is 0 Å². The number of hydrogen-bond donors (Lipinski definition) is 1. The van der Waals surface area contributed by atoms with Gasteiger partial charge in [-0.2, -0.15) is 5.10 Å². The van der Waals surface area contributed by atoms with Crippen LogP contribution in [0.25, 0.3) is 5.82 Å². The third-order valence-corrected chi connectivity index (χ3v) is 5.38. The third-order valence-electron chi connectivity index (χ3n) is 5.07. The summed E-state index contributed by atoms with van der Waals surface area (Å²) in [4.78, 5) is 21.9. The fourth-order valence-corrected chi connectivity index (χ4v) is 3.85. The molecule has 8 heteroatoms. The zero-order valence-electron chi connectivity index (χ0n) is 18.5. The number of halogens is 1. The van der Waals surface area contributed by atoms with Gasteiger partial charge in [-0.25, -0.2) is 14.6 Å². The van der Waals surface area contributed by atoms with Gasteiger partial charge in [-0.1, -0.05) is 37.6 Å². The Morgan fingerprint density at radius 3 is 2.69 bits per heavy atom. The predicted molar refractivity (Wildman–Crippen MR) is 126 cm³/mol. The minimum atomic E-state index is -0.374. The number of nitrogens with zero attached hydrogens (tertiary/aromatic N) is 5. The van der Waals surface area contributed by atoms with Crippen LogP contribution in [0.4, 0.5) is 5.69 Å². The Balaban J connectivity index is 1.56. The second-order valence-electron chi connectivity index (χ2n) is 8.06. The average molecular weight is 449 g/mol. The first-order valence-electron chi connectivity index (χ1n) is 10.4. The van der Waals surface area contributed by atoms with E-state index in [-0.39, 0.29) is 16.6 Å². The first kappa shape index (κ1) is 21.8. The maximum absolute atomic E-state index is 13.0. The molecular weight excluding hydrogens is 424 g/mol. The first-order valence-corrected chi connectivity index (χ1v) is 10.8. The molecule has 1 N–H and O–H groups in total. The molecule has 0 spiro atoms. The lowest BCUT2D eigenvalue weighted by atomic mass is 10.1. The second kappa shape index (κ2) is 8.96. The summed E-state index contributed by atoms with van der Waals surface area (Å²) in [6.07, 6.45) is 3.78. The normalized spacial score (nSPS) is 11.2. The molecule has 0 radical (unpaired) electrons. The number of imidazole rings is 1. The van der Waals surface area contributed by atoms with Crippen molar-refractivity contribution in [2.75, 3.05) is 5.32 Å². The van der Waals surface area contributed by atoms with E-state index in [1.54, 1.807) is 16.8 Å². The number of amides is 1. The zero-order valence-corrected chi connectivity index (χ0v) is 19.3. The molecule has 0 unspecified atom stereocenters. The van der Waals surface area contributed by atoms with E-state index >= 15 is 0 Å². The molecule has 0 saturated heterocycles. The molecule has 3 heterocycles. The van der Waals surface area contributed by atoms with Gasteiger partial charge in [0, 0.05) is 36.2 Å². The number of aromatic nitrogens is 5. The molecule has 1 amide bonds. The smallest absolute Gasteiger partial charge is 0.275 e. The second-order valence-corrected chi connectivity index (χ2v) is 8.47. The van der Waals surface area contributed by atoms with Crippen molar-refractivity contribution < 1.29 is 4.79 Å². The number of pyridine rings is 1. The van der Waals surface area contributed by atoms with E-state index in [2.05, 4.69) is 38.8 Å². The number of anilines is 1. The summed E-state index contributed by atoms with van der Waals surface area (Å²) in [7, 11) is 0. The van der Waals surface area contributed by atoms with Crippen LogP contribution in [-0.2, 0) is 6.54 Å². The lowest BCUT2D eigenvalue weighted by molar-refractivity contribution is 0.102. The molecule has 0 aliphatic rings. The Morgan fingerprint density at radius 1 is 1.16 bits per heavy atom. The number of hydrogen-bond acceptors (Lipinski definition) is 4. The van der Waals surface area contributed by atoms with Crippen LogP contribution in [0.3, 0.4) is 0 Å². The first-order chi connectivity index (χ1) is 15.3. The van der Waals surface area contributed by atoms with Crippen LogP contribution in [-0.4, -0.2) is 30.2 Å². The summed E-state index contributed by atoms with van der Waals surface area (Å²) < 4.78 is 3.81. The molecule has 1 aromatic carbocycles. The van der Waals surface area contributed by atoms with E-state index in [1.165, 1.54) is 0 Å². The molecule has 3 aromatic heterocycles. The van der Waals surface area contributed by atoms with Crippen molar-refractivity contribution >= 4 is 23.2 Å². The van der Waals surface area contributed by atoms with Crippen LogP contribution >= 0.6 is 11.6 Å². The number of benzene rings is 1. The lowest BCUT2D eigenvalue weighted by Crippen LogP contribution is -2.16. The quantitative estimate of drug-likeness (QED) is 0.442. The van der Waals surface area contributed by atoms with E-state index < -0.39 is 0 Å². The van der Waals surface area contributed by atoms with E-state index in [4.69, 9.17) is 11.6 Å². The van der Waals surface area contributed by atoms with Crippen LogP contribution in [0.15, 0.2) is 54.9 Å². The van der Waals surface area contributed by atoms with Gasteiger partial charge in [0.25, 0.3) is 5.91 Å². The van der Waals surface area contributed by atoms with Gasteiger partial charge in [-0.15, -0.1) is 0 Å². The number of rotatable bonds is 6. The highest BCUT2D eigenvalue weighted by Crippen LogP contribution is 2.21. The van der Waals surface area contributed by atoms with Gasteiger partial charge in [-0.3, -0.25) is 4.79 Å². The Kier molecular flexibility index (Phi) is 6.10. The number of aryl methyl sites for hydroxylation is 2. The van der Waals surface area contributed by atoms with Gasteiger partial charge >= 0.3 is 0 Å². The van der Waals surface area contributed by atoms with Crippen LogP contribution < -0.4 is 5.32 Å². The molecule has 164 valence electrons. The van der Waals surface area contributed by atoms with Crippen LogP contribution in [0.2, 0.25) is 5.02 Å². The fraction of sp³-hybridized carbons (Fsp3) is 0.250. The Labute approximate surface area is 192 Å². The van der Waals surface area contributed by atoms with Gasteiger partial charge in [-0.05, 0) is 49.7 Å². The standard InChI is InChI=1S/C24H25ClN6O/c1-15(2)23-26-10-11-30(23)14-18-6-5-7-19(13-18)27-24(32)22-20(25)8-9-21(28-22)31-17(4)12-16(3)29-31/h5-13,15H,14H2,1-4H3,(H,27,32). The molecule has 0 atom stereocenters. The lowest BCUT2D eigenvalue weighted by Gasteiger charge is -2.12. The van der Waals surface area contributed by atoms with Crippen molar-refractivity contribution in [3.63, 3.8) is 0 Å². The maximum atomic E-state index is 13.0. The number of carbonyl (C=O) groups is 1. The van der Waals surface area contributed by atoms with Crippen molar-refractivity contribution in [1.82, 2.24) is 24.3 Å². The average Bonchev–Trinajstić information content (AvgIpc) is 3.34. The predicted octanol–water partition coefficient (Wildman–Crippen LogP) is 5.16. The van der Waals surface area contributed by atoms with Crippen molar-refractivity contribution in [1.29, 1.82) is 0 Å². The SMILES string of the molecule is Cc1cc(C)n(-c2ccc(Cl)c(C(=O)Nc3cccc(Cn4ccnc4C(C)C)c3)n2)n1. The van der Waals surface area contributed by atoms with Crippen molar-refractivity contribution in [2.24, 2.45) is 0 Å². The van der Waals surface area contributed by atoms with Crippen molar-refractivity contribution in [3.05, 3.63) is 88.4 Å². The number of carbonyl (C=O) groups excluding carboxylic acids is 1. The largest absolute Gasteiger partial charge is 0.330 e. The van der Waals surface area contributed by atoms with E-state index in [0.717, 1.165) is 22.8 Å². The summed E-state index contributed by atoms with van der Waals surface area (Å²) in [5.74, 6) is 1.52. The van der Waals surface area contributed by atoms with Gasteiger partial charge in [0.15, 0.2) is 5.82 Å². The third kappa shape index (κ3) is 4.57. The Morgan fingerprint density at radius 2 is 1.97 bits per heavy atom. The van der Waals surface area contributed by atoms with Crippen LogP contribution in [0, 0.1) is 13.8 Å². The highest BCUT2D eigenvalue weighted by atomic mass is 35.5. The number of nitrogens with one attached hydrogen (secondary N) is 1. The molecule has 4 rings (SSSR count). The summed E-state index contributed by atoms with van der Waals surface area (Å²) in [6.45, 7) is 8.75. The molecule has 0 aliphatic heterocycles. The molecule has 7 nitrogen and oxygen atoms in total. The molecule has 4 aromatic rings. The molecular formula is C24H25ClN6O. The molecule has 0 fully saturated rings. The topological polar surface area (TPSA) is 77.6 Å². The van der Waals surface area contributed by atoms with Gasteiger partial charge in [0.1, 0.15) is 11.5 Å². The summed E-state index contributed by atoms with van der Waals surface area (Å²) in [6, 6.07) is 13.1. The maximum Gasteiger partial charge on any atom is 0.275 e. The summed E-state index contributed by atoms with van der Waals surface area (Å²) in [5, 5.41) is 7.63. The minimum Gasteiger partial charge on any atom is -0.330 e. The Hall–Kier alpha value is -3.45. The van der Waals surface area contributed by atoms with Gasteiger partial charge < -0.3 is 9.88 Å². The zero-order chi connectivity index (χ0) is 22.8. The van der Waals surface area contributed by atoms with Crippen molar-refractivity contribution in [2.45, 2.75) is 40.2 Å². The monoisotopic (exact) mass is 448 g/mol. The summed E-state index contributed by atoms with van der Waals surface area (Å²) >= 11 is 6.30. The highest BCUT2D eigenvalue weighted by molar-refractivity contribution is 6.34. The van der Waals surface area contributed by atoms with Gasteiger partial charge in [0.05, 0.1) is 10.7 Å². The highest BCUT2D eigenvalue weighted by Gasteiger charge is 2.16.